The van der Waals surface area contributed by atoms with Crippen molar-refractivity contribution in [3.05, 3.63) is 59.7 Å². The number of amides is 2. The van der Waals surface area contributed by atoms with E-state index in [2.05, 4.69) is 24.5 Å². The van der Waals surface area contributed by atoms with Crippen LogP contribution in [0.15, 0.2) is 48.5 Å². The topological polar surface area (TPSA) is 112 Å². The van der Waals surface area contributed by atoms with Crippen LogP contribution in [0.5, 0.6) is 11.5 Å². The van der Waals surface area contributed by atoms with Gasteiger partial charge in [-0.3, -0.25) is 4.79 Å². The highest BCUT2D eigenvalue weighted by Gasteiger charge is 2.31. The van der Waals surface area contributed by atoms with E-state index in [9.17, 15) is 14.4 Å². The normalized spacial score (nSPS) is 12.8. The maximum absolute atomic E-state index is 13.9. The number of hydrogen-bond donors (Lipinski definition) is 2. The third-order valence-electron chi connectivity index (χ3n) is 8.25. The zero-order valence-electron chi connectivity index (χ0n) is 32.3. The molecule has 2 aromatic carbocycles. The van der Waals surface area contributed by atoms with Gasteiger partial charge in [-0.15, -0.1) is 0 Å². The molecule has 2 aromatic rings. The molecule has 0 heterocycles. The lowest BCUT2D eigenvalue weighted by molar-refractivity contribution is -0.147. The SMILES string of the molecule is CCCCCCCCOc1ccc(C[C@H](NC(=O)OC(C)(C)C)C(=O)N[C@@H](Cc2ccc(OCCCCCCCC)cc2)C(=O)OCC(Cl)(Cl)Cl)cc1. The van der Waals surface area contributed by atoms with Crippen molar-refractivity contribution in [2.24, 2.45) is 0 Å². The van der Waals surface area contributed by atoms with Gasteiger partial charge in [0.1, 0.15) is 35.8 Å². The zero-order valence-corrected chi connectivity index (χ0v) is 34.6. The van der Waals surface area contributed by atoms with Crippen LogP contribution in [-0.2, 0) is 31.9 Å². The maximum atomic E-state index is 13.9. The van der Waals surface area contributed by atoms with E-state index in [0.717, 1.165) is 42.6 Å². The number of alkyl carbamates (subject to hydrolysis) is 1. The fourth-order valence-corrected chi connectivity index (χ4v) is 5.60. The Morgan fingerprint density at radius 1 is 0.623 bits per heavy atom. The van der Waals surface area contributed by atoms with Crippen molar-refractivity contribution in [3.63, 3.8) is 0 Å². The third-order valence-corrected chi connectivity index (χ3v) is 8.57. The van der Waals surface area contributed by atoms with Crippen LogP contribution in [0, 0.1) is 0 Å². The van der Waals surface area contributed by atoms with Crippen LogP contribution < -0.4 is 20.1 Å². The van der Waals surface area contributed by atoms with Crippen molar-refractivity contribution >= 4 is 52.8 Å². The number of carbonyl (C=O) groups excluding carboxylic acids is 3. The van der Waals surface area contributed by atoms with Gasteiger partial charge in [-0.2, -0.15) is 0 Å². The number of benzene rings is 2. The predicted molar refractivity (Wildman–Crippen MR) is 214 cm³/mol. The van der Waals surface area contributed by atoms with Gasteiger partial charge < -0.3 is 29.6 Å². The number of alkyl halides is 3. The summed E-state index contributed by atoms with van der Waals surface area (Å²) >= 11 is 17.6. The monoisotopic (exact) mass is 798 g/mol. The van der Waals surface area contributed by atoms with Gasteiger partial charge in [0.15, 0.2) is 0 Å². The van der Waals surface area contributed by atoms with Crippen LogP contribution in [0.3, 0.4) is 0 Å². The molecule has 2 N–H and O–H groups in total. The Hall–Kier alpha value is -2.88. The van der Waals surface area contributed by atoms with Crippen LogP contribution in [0.25, 0.3) is 0 Å². The van der Waals surface area contributed by atoms with Crippen molar-refractivity contribution < 1.29 is 33.3 Å². The molecule has 0 saturated carbocycles. The minimum atomic E-state index is -1.84. The molecular weight excluding hydrogens is 739 g/mol. The minimum absolute atomic E-state index is 0.0753. The molecule has 2 atom stereocenters. The Bertz CT molecular complexity index is 1330. The molecule has 0 fully saturated rings. The fraction of sp³-hybridized carbons (Fsp3) is 0.634. The van der Waals surface area contributed by atoms with Gasteiger partial charge in [0.25, 0.3) is 0 Å². The second kappa shape index (κ2) is 25.2. The Labute approximate surface area is 332 Å². The number of unbranched alkanes of at least 4 members (excludes halogenated alkanes) is 10. The molecule has 298 valence electrons. The number of ether oxygens (including phenoxy) is 4. The molecule has 0 aliphatic heterocycles. The molecule has 53 heavy (non-hydrogen) atoms. The molecule has 2 rings (SSSR count). The Balaban J connectivity index is 2.14. The van der Waals surface area contributed by atoms with Crippen LogP contribution in [0.2, 0.25) is 0 Å². The largest absolute Gasteiger partial charge is 0.494 e. The zero-order chi connectivity index (χ0) is 39.1. The van der Waals surface area contributed by atoms with Gasteiger partial charge in [-0.25, -0.2) is 9.59 Å². The van der Waals surface area contributed by atoms with E-state index >= 15 is 0 Å². The van der Waals surface area contributed by atoms with E-state index < -0.39 is 46.1 Å². The summed E-state index contributed by atoms with van der Waals surface area (Å²) in [4.78, 5) is 40.0. The first-order valence-electron chi connectivity index (χ1n) is 19.2. The number of rotatable bonds is 25. The number of nitrogens with one attached hydrogen (secondary N) is 2. The average molecular weight is 800 g/mol. The summed E-state index contributed by atoms with van der Waals surface area (Å²) in [7, 11) is 0. The van der Waals surface area contributed by atoms with Crippen molar-refractivity contribution in [1.82, 2.24) is 10.6 Å². The molecule has 0 spiro atoms. The summed E-state index contributed by atoms with van der Waals surface area (Å²) in [5, 5.41) is 5.44. The summed E-state index contributed by atoms with van der Waals surface area (Å²) in [6.07, 6.45) is 13.5. The van der Waals surface area contributed by atoms with Gasteiger partial charge in [-0.1, -0.05) is 137 Å². The van der Waals surface area contributed by atoms with Crippen molar-refractivity contribution in [3.8, 4) is 11.5 Å². The van der Waals surface area contributed by atoms with Gasteiger partial charge in [0.2, 0.25) is 9.70 Å². The highest BCUT2D eigenvalue weighted by atomic mass is 35.6. The number of esters is 1. The molecule has 0 aromatic heterocycles. The summed E-state index contributed by atoms with van der Waals surface area (Å²) < 4.78 is 20.7. The van der Waals surface area contributed by atoms with Gasteiger partial charge >= 0.3 is 12.1 Å². The lowest BCUT2D eigenvalue weighted by atomic mass is 10.0. The first-order chi connectivity index (χ1) is 25.2. The minimum Gasteiger partial charge on any atom is -0.494 e. The molecule has 0 aliphatic carbocycles. The Kier molecular flexibility index (Phi) is 22.0. The smallest absolute Gasteiger partial charge is 0.408 e. The van der Waals surface area contributed by atoms with Crippen LogP contribution in [0.4, 0.5) is 4.79 Å². The van der Waals surface area contributed by atoms with Gasteiger partial charge in [0.05, 0.1) is 13.2 Å². The highest BCUT2D eigenvalue weighted by molar-refractivity contribution is 6.67. The van der Waals surface area contributed by atoms with Crippen LogP contribution in [0.1, 0.15) is 123 Å². The predicted octanol–water partition coefficient (Wildman–Crippen LogP) is 10.2. The molecule has 0 aliphatic rings. The number of hydrogen-bond acceptors (Lipinski definition) is 7. The average Bonchev–Trinajstić information content (AvgIpc) is 3.09. The quantitative estimate of drug-likeness (QED) is 0.0584. The van der Waals surface area contributed by atoms with Gasteiger partial charge in [0, 0.05) is 12.8 Å². The van der Waals surface area contributed by atoms with E-state index in [-0.39, 0.29) is 12.8 Å². The van der Waals surface area contributed by atoms with Crippen molar-refractivity contribution in [2.75, 3.05) is 19.8 Å². The van der Waals surface area contributed by atoms with E-state index in [0.29, 0.717) is 19.0 Å². The second-order valence-corrected chi connectivity index (χ2v) is 16.9. The van der Waals surface area contributed by atoms with E-state index in [1.807, 2.05) is 48.5 Å². The lowest BCUT2D eigenvalue weighted by Crippen LogP contribution is -2.54. The van der Waals surface area contributed by atoms with Crippen LogP contribution in [-0.4, -0.2) is 59.3 Å². The highest BCUT2D eigenvalue weighted by Crippen LogP contribution is 2.26. The summed E-state index contributed by atoms with van der Waals surface area (Å²) in [6, 6.07) is 12.4. The molecule has 9 nitrogen and oxygen atoms in total. The first kappa shape index (κ1) is 46.3. The fourth-order valence-electron chi connectivity index (χ4n) is 5.44. The Morgan fingerprint density at radius 3 is 1.49 bits per heavy atom. The molecule has 0 unspecified atom stereocenters. The van der Waals surface area contributed by atoms with E-state index in [1.54, 1.807) is 20.8 Å². The van der Waals surface area contributed by atoms with E-state index in [4.69, 9.17) is 53.8 Å². The lowest BCUT2D eigenvalue weighted by Gasteiger charge is -2.25. The van der Waals surface area contributed by atoms with E-state index in [1.165, 1.54) is 51.4 Å². The Morgan fingerprint density at radius 2 is 1.06 bits per heavy atom. The standard InChI is InChI=1S/C41H61Cl3N2O7/c1-6-8-10-12-14-16-26-50-33-22-18-31(19-23-33)28-35(46-39(49)53-40(3,4)5)37(47)45-36(38(48)52-30-41(42,43)44)29-32-20-24-34(25-21-32)51-27-17-15-13-11-9-7-2/h18-25,35-36H,6-17,26-30H2,1-5H3,(H,45,47)(H,46,49)/t35-,36-/m0/s1. The summed E-state index contributed by atoms with van der Waals surface area (Å²) in [6.45, 7) is 10.3. The van der Waals surface area contributed by atoms with Gasteiger partial charge in [-0.05, 0) is 69.0 Å². The molecular formula is C41H61Cl3N2O7. The summed E-state index contributed by atoms with van der Waals surface area (Å²) in [5.41, 5.74) is 0.704. The molecule has 12 heteroatoms. The third kappa shape index (κ3) is 22.2. The molecule has 0 bridgehead atoms. The first-order valence-corrected chi connectivity index (χ1v) is 20.3. The molecule has 0 saturated heterocycles. The van der Waals surface area contributed by atoms with Crippen molar-refractivity contribution in [2.45, 2.75) is 146 Å². The van der Waals surface area contributed by atoms with Crippen molar-refractivity contribution in [1.29, 1.82) is 0 Å². The number of carbonyl (C=O) groups is 3. The summed E-state index contributed by atoms with van der Waals surface area (Å²) in [5.74, 6) is 0.0195. The number of halogens is 3. The molecule has 0 radical (unpaired) electrons. The second-order valence-electron chi connectivity index (χ2n) is 14.4. The maximum Gasteiger partial charge on any atom is 0.408 e. The van der Waals surface area contributed by atoms with Crippen LogP contribution >= 0.6 is 34.8 Å². The molecule has 2 amide bonds.